The van der Waals surface area contributed by atoms with Crippen molar-refractivity contribution in [3.8, 4) is 0 Å². The number of hydrogen-bond acceptors (Lipinski definition) is 3. The summed E-state index contributed by atoms with van der Waals surface area (Å²) in [6.45, 7) is 1.89. The molecule has 4 nitrogen and oxygen atoms in total. The largest absolute Gasteiger partial charge is 0.507 e. The number of ketones is 1. The fourth-order valence-corrected chi connectivity index (χ4v) is 3.53. The molecular weight excluding hydrogens is 388 g/mol. The lowest BCUT2D eigenvalue weighted by molar-refractivity contribution is -0.132. The number of anilines is 1. The van der Waals surface area contributed by atoms with Gasteiger partial charge in [0.2, 0.25) is 0 Å². The number of hydrogen-bond donors (Lipinski definition) is 1. The van der Waals surface area contributed by atoms with Gasteiger partial charge in [-0.1, -0.05) is 29.8 Å². The molecule has 1 heterocycles. The van der Waals surface area contributed by atoms with E-state index >= 15 is 0 Å². The molecule has 1 amide bonds. The number of carbonyl (C=O) groups is 2. The highest BCUT2D eigenvalue weighted by molar-refractivity contribution is 6.51. The molecule has 1 saturated heterocycles. The highest BCUT2D eigenvalue weighted by Gasteiger charge is 2.46. The van der Waals surface area contributed by atoms with Crippen LogP contribution in [0.5, 0.6) is 0 Å². The standard InChI is InChI=1S/C24H17F2NO3/c1-14-2-12-19(13-3-14)27-21(15-4-8-17(25)9-5-15)20(23(29)24(27)30)22(28)16-6-10-18(26)11-7-16/h2-13,21,28H,1H3/b22-20+. The van der Waals surface area contributed by atoms with Crippen LogP contribution in [0.15, 0.2) is 78.4 Å². The third-order valence-electron chi connectivity index (χ3n) is 5.06. The summed E-state index contributed by atoms with van der Waals surface area (Å²) in [4.78, 5) is 27.2. The van der Waals surface area contributed by atoms with E-state index in [0.717, 1.165) is 17.7 Å². The quantitative estimate of drug-likeness (QED) is 0.383. The van der Waals surface area contributed by atoms with Crippen LogP contribution in [0.25, 0.3) is 5.76 Å². The summed E-state index contributed by atoms with van der Waals surface area (Å²) in [5, 5.41) is 10.9. The van der Waals surface area contributed by atoms with E-state index in [1.807, 2.05) is 6.92 Å². The Balaban J connectivity index is 1.93. The fourth-order valence-electron chi connectivity index (χ4n) is 3.53. The average molecular weight is 405 g/mol. The summed E-state index contributed by atoms with van der Waals surface area (Å²) in [7, 11) is 0. The van der Waals surface area contributed by atoms with Crippen LogP contribution in [0.3, 0.4) is 0 Å². The van der Waals surface area contributed by atoms with Gasteiger partial charge >= 0.3 is 0 Å². The maximum Gasteiger partial charge on any atom is 0.300 e. The zero-order valence-corrected chi connectivity index (χ0v) is 16.0. The minimum atomic E-state index is -0.960. The average Bonchev–Trinajstić information content (AvgIpc) is 3.00. The number of rotatable bonds is 3. The van der Waals surface area contributed by atoms with Crippen molar-refractivity contribution in [2.75, 3.05) is 4.90 Å². The Labute approximate surface area is 171 Å². The van der Waals surface area contributed by atoms with Crippen LogP contribution in [0.4, 0.5) is 14.5 Å². The van der Waals surface area contributed by atoms with Crippen molar-refractivity contribution in [1.82, 2.24) is 0 Å². The fraction of sp³-hybridized carbons (Fsp3) is 0.0833. The van der Waals surface area contributed by atoms with Gasteiger partial charge in [-0.05, 0) is 61.0 Å². The number of nitrogens with zero attached hydrogens (tertiary/aromatic N) is 1. The second kappa shape index (κ2) is 7.55. The number of aliphatic hydroxyl groups is 1. The van der Waals surface area contributed by atoms with Gasteiger partial charge in [-0.15, -0.1) is 0 Å². The highest BCUT2D eigenvalue weighted by Crippen LogP contribution is 2.42. The van der Waals surface area contributed by atoms with Crippen molar-refractivity contribution >= 4 is 23.1 Å². The summed E-state index contributed by atoms with van der Waals surface area (Å²) < 4.78 is 26.8. The van der Waals surface area contributed by atoms with E-state index < -0.39 is 35.1 Å². The molecule has 30 heavy (non-hydrogen) atoms. The molecular formula is C24H17F2NO3. The van der Waals surface area contributed by atoms with Crippen molar-refractivity contribution in [3.05, 3.63) is 107 Å². The first-order valence-electron chi connectivity index (χ1n) is 9.26. The Morgan fingerprint density at radius 2 is 1.37 bits per heavy atom. The topological polar surface area (TPSA) is 57.6 Å². The number of halogens is 2. The Morgan fingerprint density at radius 1 is 0.833 bits per heavy atom. The SMILES string of the molecule is Cc1ccc(N2C(=O)C(=O)/C(=C(/O)c3ccc(F)cc3)C2c2ccc(F)cc2)cc1. The molecule has 4 rings (SSSR count). The van der Waals surface area contributed by atoms with Crippen molar-refractivity contribution in [3.63, 3.8) is 0 Å². The Bertz CT molecular complexity index is 1150. The van der Waals surface area contributed by atoms with Gasteiger partial charge in [-0.3, -0.25) is 14.5 Å². The van der Waals surface area contributed by atoms with Crippen LogP contribution >= 0.6 is 0 Å². The van der Waals surface area contributed by atoms with Gasteiger partial charge in [0, 0.05) is 11.3 Å². The van der Waals surface area contributed by atoms with Gasteiger partial charge in [-0.2, -0.15) is 0 Å². The predicted octanol–water partition coefficient (Wildman–Crippen LogP) is 4.90. The van der Waals surface area contributed by atoms with Gasteiger partial charge in [0.05, 0.1) is 11.6 Å². The molecule has 6 heteroatoms. The van der Waals surface area contributed by atoms with Crippen molar-refractivity contribution in [1.29, 1.82) is 0 Å². The van der Waals surface area contributed by atoms with Gasteiger partial charge < -0.3 is 5.11 Å². The third kappa shape index (κ3) is 3.37. The smallest absolute Gasteiger partial charge is 0.300 e. The molecule has 0 radical (unpaired) electrons. The Morgan fingerprint density at radius 3 is 1.93 bits per heavy atom. The number of benzene rings is 3. The second-order valence-electron chi connectivity index (χ2n) is 7.06. The predicted molar refractivity (Wildman–Crippen MR) is 109 cm³/mol. The number of aryl methyl sites for hydroxylation is 1. The van der Waals surface area contributed by atoms with Crippen LogP contribution in [-0.4, -0.2) is 16.8 Å². The molecule has 1 aliphatic heterocycles. The molecule has 1 fully saturated rings. The lowest BCUT2D eigenvalue weighted by Crippen LogP contribution is -2.29. The highest BCUT2D eigenvalue weighted by atomic mass is 19.1. The molecule has 3 aromatic carbocycles. The number of Topliss-reactive ketones (excluding diaryl/α,β-unsaturated/α-hetero) is 1. The molecule has 3 aromatic rings. The van der Waals surface area contributed by atoms with Crippen LogP contribution in [-0.2, 0) is 9.59 Å². The monoisotopic (exact) mass is 405 g/mol. The van der Waals surface area contributed by atoms with E-state index in [4.69, 9.17) is 0 Å². The number of carbonyl (C=O) groups excluding carboxylic acids is 2. The zero-order chi connectivity index (χ0) is 21.4. The van der Waals surface area contributed by atoms with Gasteiger partial charge in [0.25, 0.3) is 11.7 Å². The first-order chi connectivity index (χ1) is 14.4. The first-order valence-corrected chi connectivity index (χ1v) is 9.26. The maximum atomic E-state index is 13.5. The zero-order valence-electron chi connectivity index (χ0n) is 16.0. The summed E-state index contributed by atoms with van der Waals surface area (Å²) in [6, 6.07) is 16.4. The van der Waals surface area contributed by atoms with E-state index in [1.165, 1.54) is 41.3 Å². The van der Waals surface area contributed by atoms with Crippen molar-refractivity contribution < 1.29 is 23.5 Å². The Kier molecular flexibility index (Phi) is 4.91. The van der Waals surface area contributed by atoms with E-state index in [2.05, 4.69) is 0 Å². The molecule has 1 N–H and O–H groups in total. The third-order valence-corrected chi connectivity index (χ3v) is 5.06. The molecule has 150 valence electrons. The van der Waals surface area contributed by atoms with E-state index in [-0.39, 0.29) is 11.1 Å². The molecule has 0 aromatic heterocycles. The summed E-state index contributed by atoms with van der Waals surface area (Å²) in [5.74, 6) is -3.06. The normalized spacial score (nSPS) is 18.1. The lowest BCUT2D eigenvalue weighted by Gasteiger charge is -2.25. The lowest BCUT2D eigenvalue weighted by atomic mass is 9.95. The van der Waals surface area contributed by atoms with Crippen molar-refractivity contribution in [2.45, 2.75) is 13.0 Å². The minimum Gasteiger partial charge on any atom is -0.507 e. The molecule has 1 unspecified atom stereocenters. The van der Waals surface area contributed by atoms with Crippen LogP contribution < -0.4 is 4.90 Å². The summed E-state index contributed by atoms with van der Waals surface area (Å²) in [5.41, 5.74) is 1.96. The Hall–Kier alpha value is -3.80. The molecule has 0 saturated carbocycles. The van der Waals surface area contributed by atoms with Crippen LogP contribution in [0.1, 0.15) is 22.7 Å². The van der Waals surface area contributed by atoms with Crippen LogP contribution in [0, 0.1) is 18.6 Å². The minimum absolute atomic E-state index is 0.140. The van der Waals surface area contributed by atoms with Gasteiger partial charge in [0.15, 0.2) is 0 Å². The van der Waals surface area contributed by atoms with E-state index in [0.29, 0.717) is 11.3 Å². The number of aliphatic hydroxyl groups excluding tert-OH is 1. The molecule has 1 aliphatic rings. The van der Waals surface area contributed by atoms with E-state index in [1.54, 1.807) is 24.3 Å². The number of amides is 1. The molecule has 0 spiro atoms. The van der Waals surface area contributed by atoms with Gasteiger partial charge in [0.1, 0.15) is 17.4 Å². The second-order valence-corrected chi connectivity index (χ2v) is 7.06. The molecule has 0 bridgehead atoms. The maximum absolute atomic E-state index is 13.5. The summed E-state index contributed by atoms with van der Waals surface area (Å²) in [6.07, 6.45) is 0. The van der Waals surface area contributed by atoms with E-state index in [9.17, 15) is 23.5 Å². The molecule has 0 aliphatic carbocycles. The van der Waals surface area contributed by atoms with Crippen LogP contribution in [0.2, 0.25) is 0 Å². The van der Waals surface area contributed by atoms with Gasteiger partial charge in [-0.25, -0.2) is 8.78 Å². The molecule has 1 atom stereocenters. The van der Waals surface area contributed by atoms with Crippen molar-refractivity contribution in [2.24, 2.45) is 0 Å². The summed E-state index contributed by atoms with van der Waals surface area (Å²) >= 11 is 0. The first kappa shape index (κ1) is 19.5.